The standard InChI is InChI=1S/C13H9FN2O3/c14-11-4-5-13(15-9-11)19-12-3-1-2-10(8-12)6-7-16(17)18/h1-9H. The summed E-state index contributed by atoms with van der Waals surface area (Å²) < 4.78 is 18.1. The van der Waals surface area contributed by atoms with Gasteiger partial charge in [0.2, 0.25) is 12.1 Å². The molecule has 0 N–H and O–H groups in total. The fourth-order valence-corrected chi connectivity index (χ4v) is 1.37. The first-order valence-corrected chi connectivity index (χ1v) is 5.35. The van der Waals surface area contributed by atoms with Crippen LogP contribution in [0.1, 0.15) is 5.56 Å². The molecule has 19 heavy (non-hydrogen) atoms. The molecule has 0 saturated carbocycles. The normalized spacial score (nSPS) is 10.6. The van der Waals surface area contributed by atoms with Crippen molar-refractivity contribution in [3.05, 3.63) is 70.3 Å². The van der Waals surface area contributed by atoms with Gasteiger partial charge in [-0.2, -0.15) is 0 Å². The third-order valence-corrected chi connectivity index (χ3v) is 2.17. The molecule has 1 aromatic carbocycles. The highest BCUT2D eigenvalue weighted by molar-refractivity contribution is 5.51. The molecule has 1 heterocycles. The van der Waals surface area contributed by atoms with Crippen molar-refractivity contribution in [2.45, 2.75) is 0 Å². The fraction of sp³-hybridized carbons (Fsp3) is 0. The van der Waals surface area contributed by atoms with Gasteiger partial charge in [-0.05, 0) is 23.8 Å². The van der Waals surface area contributed by atoms with Crippen LogP contribution in [0, 0.1) is 15.9 Å². The Morgan fingerprint density at radius 2 is 2.16 bits per heavy atom. The Labute approximate surface area is 108 Å². The van der Waals surface area contributed by atoms with Gasteiger partial charge in [0.15, 0.2) is 0 Å². The van der Waals surface area contributed by atoms with Gasteiger partial charge >= 0.3 is 0 Å². The summed E-state index contributed by atoms with van der Waals surface area (Å²) >= 11 is 0. The Hall–Kier alpha value is -2.76. The third-order valence-electron chi connectivity index (χ3n) is 2.17. The molecule has 96 valence electrons. The molecule has 0 unspecified atom stereocenters. The molecule has 0 atom stereocenters. The maximum absolute atomic E-state index is 12.7. The van der Waals surface area contributed by atoms with Gasteiger partial charge in [-0.25, -0.2) is 9.37 Å². The lowest BCUT2D eigenvalue weighted by molar-refractivity contribution is -0.400. The first-order chi connectivity index (χ1) is 9.13. The smallest absolute Gasteiger partial charge is 0.235 e. The lowest BCUT2D eigenvalue weighted by Crippen LogP contribution is -1.89. The zero-order chi connectivity index (χ0) is 13.7. The summed E-state index contributed by atoms with van der Waals surface area (Å²) in [5, 5.41) is 10.2. The molecule has 0 aliphatic rings. The average molecular weight is 260 g/mol. The number of hydrogen-bond acceptors (Lipinski definition) is 4. The fourth-order valence-electron chi connectivity index (χ4n) is 1.37. The van der Waals surface area contributed by atoms with Gasteiger partial charge in [0.1, 0.15) is 11.6 Å². The highest BCUT2D eigenvalue weighted by Gasteiger charge is 2.00. The van der Waals surface area contributed by atoms with Crippen molar-refractivity contribution in [1.82, 2.24) is 4.98 Å². The lowest BCUT2D eigenvalue weighted by Gasteiger charge is -2.04. The quantitative estimate of drug-likeness (QED) is 0.625. The van der Waals surface area contributed by atoms with Crippen LogP contribution in [0.15, 0.2) is 48.8 Å². The van der Waals surface area contributed by atoms with E-state index in [9.17, 15) is 14.5 Å². The summed E-state index contributed by atoms with van der Waals surface area (Å²) in [7, 11) is 0. The second-order valence-electron chi connectivity index (χ2n) is 3.59. The van der Waals surface area contributed by atoms with Crippen LogP contribution in [0.5, 0.6) is 11.6 Å². The van der Waals surface area contributed by atoms with E-state index in [-0.39, 0.29) is 5.88 Å². The monoisotopic (exact) mass is 260 g/mol. The van der Waals surface area contributed by atoms with Crippen molar-refractivity contribution in [3.63, 3.8) is 0 Å². The lowest BCUT2D eigenvalue weighted by atomic mass is 10.2. The van der Waals surface area contributed by atoms with E-state index >= 15 is 0 Å². The van der Waals surface area contributed by atoms with Crippen molar-refractivity contribution in [2.75, 3.05) is 0 Å². The summed E-state index contributed by atoms with van der Waals surface area (Å²) in [5.41, 5.74) is 0.622. The van der Waals surface area contributed by atoms with Crippen LogP contribution >= 0.6 is 0 Å². The van der Waals surface area contributed by atoms with Crippen molar-refractivity contribution < 1.29 is 14.1 Å². The first-order valence-electron chi connectivity index (χ1n) is 5.35. The number of nitrogens with zero attached hydrogens (tertiary/aromatic N) is 2. The molecule has 5 nitrogen and oxygen atoms in total. The van der Waals surface area contributed by atoms with E-state index in [2.05, 4.69) is 4.98 Å². The van der Waals surface area contributed by atoms with E-state index in [1.54, 1.807) is 24.3 Å². The van der Waals surface area contributed by atoms with E-state index in [4.69, 9.17) is 4.74 Å². The van der Waals surface area contributed by atoms with Crippen molar-refractivity contribution in [2.24, 2.45) is 0 Å². The van der Waals surface area contributed by atoms with Crippen LogP contribution in [0.3, 0.4) is 0 Å². The number of nitro groups is 1. The second-order valence-corrected chi connectivity index (χ2v) is 3.59. The number of aromatic nitrogens is 1. The first kappa shape index (κ1) is 12.7. The molecule has 1 aromatic heterocycles. The molecule has 0 aliphatic carbocycles. The Balaban J connectivity index is 2.15. The Bertz CT molecular complexity index is 612. The van der Waals surface area contributed by atoms with Gasteiger partial charge in [0, 0.05) is 12.1 Å². The molecule has 0 amide bonds. The number of rotatable bonds is 4. The molecular formula is C13H9FN2O3. The molecule has 2 aromatic rings. The van der Waals surface area contributed by atoms with Gasteiger partial charge in [-0.1, -0.05) is 12.1 Å². The summed E-state index contributed by atoms with van der Waals surface area (Å²) in [5.74, 6) is 0.261. The summed E-state index contributed by atoms with van der Waals surface area (Å²) in [6, 6.07) is 9.32. The molecule has 0 bridgehead atoms. The third kappa shape index (κ3) is 3.88. The molecule has 0 fully saturated rings. The van der Waals surface area contributed by atoms with Crippen LogP contribution < -0.4 is 4.74 Å². The summed E-state index contributed by atoms with van der Waals surface area (Å²) in [6.07, 6.45) is 3.24. The van der Waals surface area contributed by atoms with Crippen molar-refractivity contribution in [3.8, 4) is 11.6 Å². The number of hydrogen-bond donors (Lipinski definition) is 0. The molecular weight excluding hydrogens is 251 g/mol. The molecule has 0 radical (unpaired) electrons. The van der Waals surface area contributed by atoms with Crippen molar-refractivity contribution in [1.29, 1.82) is 0 Å². The van der Waals surface area contributed by atoms with Crippen LogP contribution in [0.2, 0.25) is 0 Å². The number of halogens is 1. The molecule has 2 rings (SSSR count). The summed E-state index contributed by atoms with van der Waals surface area (Å²) in [4.78, 5) is 13.4. The van der Waals surface area contributed by atoms with Gasteiger partial charge in [0.05, 0.1) is 11.1 Å². The minimum atomic E-state index is -0.547. The van der Waals surface area contributed by atoms with Gasteiger partial charge in [-0.3, -0.25) is 10.1 Å². The van der Waals surface area contributed by atoms with E-state index in [1.807, 2.05) is 0 Å². The SMILES string of the molecule is O=[N+]([O-])C=Cc1cccc(Oc2ccc(F)cn2)c1. The van der Waals surface area contributed by atoms with Crippen molar-refractivity contribution >= 4 is 6.08 Å². The van der Waals surface area contributed by atoms with Gasteiger partial charge < -0.3 is 4.74 Å². The van der Waals surface area contributed by atoms with Crippen LogP contribution in [-0.4, -0.2) is 9.91 Å². The minimum Gasteiger partial charge on any atom is -0.439 e. The Morgan fingerprint density at radius 3 is 2.84 bits per heavy atom. The molecule has 0 saturated heterocycles. The van der Waals surface area contributed by atoms with Gasteiger partial charge in [0.25, 0.3) is 0 Å². The van der Waals surface area contributed by atoms with E-state index in [1.165, 1.54) is 18.2 Å². The van der Waals surface area contributed by atoms with Gasteiger partial charge in [-0.15, -0.1) is 0 Å². The maximum Gasteiger partial charge on any atom is 0.235 e. The Kier molecular flexibility index (Phi) is 3.82. The minimum absolute atomic E-state index is 0.247. The Morgan fingerprint density at radius 1 is 1.32 bits per heavy atom. The predicted octanol–water partition coefficient (Wildman–Crippen LogP) is 3.26. The van der Waals surface area contributed by atoms with E-state index in [0.717, 1.165) is 12.4 Å². The predicted molar refractivity (Wildman–Crippen MR) is 66.7 cm³/mol. The number of pyridine rings is 1. The van der Waals surface area contributed by atoms with Crippen LogP contribution in [0.25, 0.3) is 6.08 Å². The molecule has 6 heteroatoms. The number of ether oxygens (including phenoxy) is 1. The highest BCUT2D eigenvalue weighted by atomic mass is 19.1. The second kappa shape index (κ2) is 5.72. The van der Waals surface area contributed by atoms with Crippen LogP contribution in [-0.2, 0) is 0 Å². The highest BCUT2D eigenvalue weighted by Crippen LogP contribution is 2.20. The zero-order valence-electron chi connectivity index (χ0n) is 9.69. The summed E-state index contributed by atoms with van der Waals surface area (Å²) in [6.45, 7) is 0. The van der Waals surface area contributed by atoms with E-state index < -0.39 is 10.7 Å². The maximum atomic E-state index is 12.7. The molecule has 0 aliphatic heterocycles. The largest absolute Gasteiger partial charge is 0.439 e. The average Bonchev–Trinajstić information content (AvgIpc) is 2.40. The zero-order valence-corrected chi connectivity index (χ0v) is 9.69. The molecule has 0 spiro atoms. The topological polar surface area (TPSA) is 65.3 Å². The number of benzene rings is 1. The van der Waals surface area contributed by atoms with E-state index in [0.29, 0.717) is 11.3 Å². The van der Waals surface area contributed by atoms with Crippen LogP contribution in [0.4, 0.5) is 4.39 Å².